The number of aromatic nitrogens is 2. The van der Waals surface area contributed by atoms with Crippen LogP contribution in [0.3, 0.4) is 0 Å². The topological polar surface area (TPSA) is 76.0 Å². The number of hydrogen-bond donors (Lipinski definition) is 2. The molecule has 0 saturated heterocycles. The highest BCUT2D eigenvalue weighted by Crippen LogP contribution is 2.27. The number of rotatable bonds is 3. The van der Waals surface area contributed by atoms with Gasteiger partial charge in [-0.05, 0) is 36.8 Å². The minimum atomic E-state index is -0.609. The molecular weight excluding hydrogens is 336 g/mol. The SMILES string of the molecule is Cc1cc(C(=O)NC2Cc3cnccc3NC2=O)c(-n2cccc2)s1. The quantitative estimate of drug-likeness (QED) is 0.760. The highest BCUT2D eigenvalue weighted by Gasteiger charge is 2.29. The number of hydrogen-bond acceptors (Lipinski definition) is 4. The fraction of sp³-hybridized carbons (Fsp3) is 0.167. The fourth-order valence-electron chi connectivity index (χ4n) is 2.92. The van der Waals surface area contributed by atoms with Gasteiger partial charge in [-0.1, -0.05) is 0 Å². The number of fused-ring (bicyclic) bond motifs is 1. The van der Waals surface area contributed by atoms with E-state index in [1.54, 1.807) is 29.8 Å². The molecule has 6 nitrogen and oxygen atoms in total. The van der Waals surface area contributed by atoms with Crippen LogP contribution in [-0.4, -0.2) is 27.4 Å². The Hall–Kier alpha value is -2.93. The molecule has 1 aliphatic rings. The summed E-state index contributed by atoms with van der Waals surface area (Å²) in [6.07, 6.45) is 7.58. The van der Waals surface area contributed by atoms with E-state index in [1.165, 1.54) is 0 Å². The molecule has 0 aliphatic carbocycles. The van der Waals surface area contributed by atoms with E-state index < -0.39 is 6.04 Å². The Balaban J connectivity index is 1.58. The molecule has 4 rings (SSSR count). The molecule has 2 N–H and O–H groups in total. The first-order valence-corrected chi connectivity index (χ1v) is 8.72. The lowest BCUT2D eigenvalue weighted by atomic mass is 10.0. The highest BCUT2D eigenvalue weighted by atomic mass is 32.1. The third-order valence-corrected chi connectivity index (χ3v) is 5.19. The van der Waals surface area contributed by atoms with Crippen molar-refractivity contribution in [2.24, 2.45) is 0 Å². The maximum Gasteiger partial charge on any atom is 0.254 e. The lowest BCUT2D eigenvalue weighted by molar-refractivity contribution is -0.118. The Kier molecular flexibility index (Phi) is 3.85. The summed E-state index contributed by atoms with van der Waals surface area (Å²) in [7, 11) is 0. The van der Waals surface area contributed by atoms with E-state index in [1.807, 2.05) is 42.1 Å². The third kappa shape index (κ3) is 2.94. The van der Waals surface area contributed by atoms with Crippen molar-refractivity contribution in [3.63, 3.8) is 0 Å². The maximum atomic E-state index is 12.8. The molecule has 0 saturated carbocycles. The number of pyridine rings is 1. The van der Waals surface area contributed by atoms with E-state index in [0.717, 1.165) is 21.1 Å². The Morgan fingerprint density at radius 2 is 2.20 bits per heavy atom. The minimum Gasteiger partial charge on any atom is -0.340 e. The van der Waals surface area contributed by atoms with Gasteiger partial charge in [0.2, 0.25) is 5.91 Å². The van der Waals surface area contributed by atoms with Crippen molar-refractivity contribution in [3.8, 4) is 5.00 Å². The number of thiophene rings is 1. The maximum absolute atomic E-state index is 12.8. The van der Waals surface area contributed by atoms with Gasteiger partial charge in [-0.15, -0.1) is 11.3 Å². The Bertz CT molecular complexity index is 946. The van der Waals surface area contributed by atoms with Gasteiger partial charge in [0.05, 0.1) is 5.56 Å². The zero-order valence-electron chi connectivity index (χ0n) is 13.5. The molecular formula is C18H16N4O2S. The summed E-state index contributed by atoms with van der Waals surface area (Å²) in [5.41, 5.74) is 2.24. The van der Waals surface area contributed by atoms with Crippen LogP contribution in [0.4, 0.5) is 5.69 Å². The van der Waals surface area contributed by atoms with E-state index in [-0.39, 0.29) is 11.8 Å². The molecule has 0 bridgehead atoms. The molecule has 0 spiro atoms. The monoisotopic (exact) mass is 352 g/mol. The van der Waals surface area contributed by atoms with Crippen LogP contribution in [0.25, 0.3) is 5.00 Å². The number of carbonyl (C=O) groups is 2. The van der Waals surface area contributed by atoms with Gasteiger partial charge in [0.25, 0.3) is 5.91 Å². The average molecular weight is 352 g/mol. The van der Waals surface area contributed by atoms with Crippen LogP contribution in [0, 0.1) is 6.92 Å². The van der Waals surface area contributed by atoms with Crippen molar-refractivity contribution in [3.05, 3.63) is 65.1 Å². The van der Waals surface area contributed by atoms with Crippen LogP contribution in [0.5, 0.6) is 0 Å². The molecule has 0 aromatic carbocycles. The lowest BCUT2D eigenvalue weighted by Crippen LogP contribution is -2.47. The van der Waals surface area contributed by atoms with Crippen molar-refractivity contribution in [1.82, 2.24) is 14.9 Å². The Morgan fingerprint density at radius 1 is 1.40 bits per heavy atom. The van der Waals surface area contributed by atoms with Gasteiger partial charge in [-0.3, -0.25) is 14.6 Å². The predicted molar refractivity (Wildman–Crippen MR) is 96.2 cm³/mol. The van der Waals surface area contributed by atoms with Gasteiger partial charge < -0.3 is 15.2 Å². The smallest absolute Gasteiger partial charge is 0.254 e. The molecule has 0 fully saturated rings. The standard InChI is InChI=1S/C18H16N4O2S/c1-11-8-13(18(25-11)22-6-2-3-7-22)16(23)21-15-9-12-10-19-5-4-14(12)20-17(15)24/h2-8,10,15H,9H2,1H3,(H,20,24)(H,21,23). The Morgan fingerprint density at radius 3 is 3.00 bits per heavy atom. The molecule has 1 atom stereocenters. The first-order chi connectivity index (χ1) is 12.1. The van der Waals surface area contributed by atoms with Crippen LogP contribution >= 0.6 is 11.3 Å². The van der Waals surface area contributed by atoms with Gasteiger partial charge in [0.1, 0.15) is 11.0 Å². The third-order valence-electron chi connectivity index (χ3n) is 4.13. The summed E-state index contributed by atoms with van der Waals surface area (Å²) in [6.45, 7) is 1.96. The van der Waals surface area contributed by atoms with Crippen LogP contribution in [-0.2, 0) is 11.2 Å². The average Bonchev–Trinajstić information content (AvgIpc) is 3.24. The first-order valence-electron chi connectivity index (χ1n) is 7.90. The van der Waals surface area contributed by atoms with Crippen molar-refractivity contribution < 1.29 is 9.59 Å². The van der Waals surface area contributed by atoms with E-state index >= 15 is 0 Å². The molecule has 3 aromatic heterocycles. The van der Waals surface area contributed by atoms with Crippen LogP contribution in [0.2, 0.25) is 0 Å². The number of amides is 2. The molecule has 7 heteroatoms. The van der Waals surface area contributed by atoms with E-state index in [0.29, 0.717) is 12.0 Å². The molecule has 1 aliphatic heterocycles. The number of carbonyl (C=O) groups excluding carboxylic acids is 2. The molecule has 3 aromatic rings. The second-order valence-corrected chi connectivity index (χ2v) is 7.15. The minimum absolute atomic E-state index is 0.207. The van der Waals surface area contributed by atoms with Crippen LogP contribution < -0.4 is 10.6 Å². The fourth-order valence-corrected chi connectivity index (χ4v) is 3.89. The number of nitrogens with zero attached hydrogens (tertiary/aromatic N) is 2. The number of nitrogens with one attached hydrogen (secondary N) is 2. The van der Waals surface area contributed by atoms with Crippen LogP contribution in [0.15, 0.2) is 49.1 Å². The summed E-state index contributed by atoms with van der Waals surface area (Å²) in [5, 5.41) is 6.52. The zero-order chi connectivity index (χ0) is 17.4. The molecule has 25 heavy (non-hydrogen) atoms. The van der Waals surface area contributed by atoms with E-state index in [4.69, 9.17) is 0 Å². The molecule has 126 valence electrons. The molecule has 2 amide bonds. The van der Waals surface area contributed by atoms with Crippen LogP contribution in [0.1, 0.15) is 20.8 Å². The summed E-state index contributed by atoms with van der Waals surface area (Å²) >= 11 is 1.54. The van der Waals surface area contributed by atoms with Gasteiger partial charge in [-0.2, -0.15) is 0 Å². The number of anilines is 1. The second kappa shape index (κ2) is 6.18. The summed E-state index contributed by atoms with van der Waals surface area (Å²) in [4.78, 5) is 30.2. The van der Waals surface area contributed by atoms with Crippen molar-refractivity contribution in [2.45, 2.75) is 19.4 Å². The largest absolute Gasteiger partial charge is 0.340 e. The Labute approximate surface area is 148 Å². The second-order valence-electron chi connectivity index (χ2n) is 5.92. The van der Waals surface area contributed by atoms with Gasteiger partial charge in [0, 0.05) is 41.8 Å². The molecule has 0 radical (unpaired) electrons. The summed E-state index contributed by atoms with van der Waals surface area (Å²) in [6, 6.07) is 6.83. The summed E-state index contributed by atoms with van der Waals surface area (Å²) < 4.78 is 1.91. The zero-order valence-corrected chi connectivity index (χ0v) is 14.3. The van der Waals surface area contributed by atoms with E-state index in [2.05, 4.69) is 15.6 Å². The summed E-state index contributed by atoms with van der Waals surface area (Å²) in [5.74, 6) is -0.456. The first kappa shape index (κ1) is 15.6. The van der Waals surface area contributed by atoms with Crippen molar-refractivity contribution in [2.75, 3.05) is 5.32 Å². The van der Waals surface area contributed by atoms with Crippen molar-refractivity contribution >= 4 is 28.8 Å². The van der Waals surface area contributed by atoms with Crippen molar-refractivity contribution in [1.29, 1.82) is 0 Å². The normalized spacial score (nSPS) is 16.2. The number of aryl methyl sites for hydroxylation is 1. The van der Waals surface area contributed by atoms with E-state index in [9.17, 15) is 9.59 Å². The highest BCUT2D eigenvalue weighted by molar-refractivity contribution is 7.14. The van der Waals surface area contributed by atoms with Gasteiger partial charge >= 0.3 is 0 Å². The lowest BCUT2D eigenvalue weighted by Gasteiger charge is -2.25. The molecule has 4 heterocycles. The van der Waals surface area contributed by atoms with Gasteiger partial charge in [-0.25, -0.2) is 0 Å². The molecule has 1 unspecified atom stereocenters. The predicted octanol–water partition coefficient (Wildman–Crippen LogP) is 2.54. The van der Waals surface area contributed by atoms with Gasteiger partial charge in [0.15, 0.2) is 0 Å².